The number of nitrogens with zero attached hydrogens (tertiary/aromatic N) is 2. The molecule has 1 saturated carbocycles. The minimum Gasteiger partial charge on any atom is -0.396 e. The Bertz CT molecular complexity index is 461. The van der Waals surface area contributed by atoms with Crippen molar-refractivity contribution in [3.8, 4) is 0 Å². The van der Waals surface area contributed by atoms with Crippen molar-refractivity contribution in [3.63, 3.8) is 0 Å². The molecule has 0 spiro atoms. The summed E-state index contributed by atoms with van der Waals surface area (Å²) in [5, 5.41) is 13.8. The molecule has 2 rings (SSSR count). The molecule has 19 heavy (non-hydrogen) atoms. The molecule has 0 saturated heterocycles. The number of hydrogen-bond acceptors (Lipinski definition) is 6. The van der Waals surface area contributed by atoms with Gasteiger partial charge in [0.15, 0.2) is 5.16 Å². The lowest BCUT2D eigenvalue weighted by molar-refractivity contribution is 0.232. The molecule has 0 aromatic carbocycles. The fourth-order valence-corrected chi connectivity index (χ4v) is 3.61. The number of anilines is 1. The molecule has 1 aliphatic rings. The second-order valence-corrected chi connectivity index (χ2v) is 7.30. The summed E-state index contributed by atoms with van der Waals surface area (Å²) < 4.78 is 1.07. The normalized spacial score (nSPS) is 26.7. The van der Waals surface area contributed by atoms with Crippen LogP contribution in [0.1, 0.15) is 18.5 Å². The highest BCUT2D eigenvalue weighted by atomic mass is 127. The molecule has 106 valence electrons. The highest BCUT2D eigenvalue weighted by molar-refractivity contribution is 14.1. The van der Waals surface area contributed by atoms with Gasteiger partial charge in [0.05, 0.1) is 9.26 Å². The van der Waals surface area contributed by atoms with E-state index in [4.69, 9.17) is 0 Å². The molecule has 1 unspecified atom stereocenters. The van der Waals surface area contributed by atoms with Crippen LogP contribution in [0.15, 0.2) is 5.16 Å². The Balaban J connectivity index is 2.13. The summed E-state index contributed by atoms with van der Waals surface area (Å²) in [4.78, 5) is 8.96. The highest BCUT2D eigenvalue weighted by Crippen LogP contribution is 2.33. The van der Waals surface area contributed by atoms with Gasteiger partial charge < -0.3 is 10.4 Å². The van der Waals surface area contributed by atoms with Crippen LogP contribution in [0.5, 0.6) is 0 Å². The minimum absolute atomic E-state index is 0.211. The predicted molar refractivity (Wildman–Crippen MR) is 91.3 cm³/mol. The lowest BCUT2D eigenvalue weighted by atomic mass is 10.1. The number of thioether (sulfide) groups is 1. The van der Waals surface area contributed by atoms with E-state index >= 15 is 0 Å². The quantitative estimate of drug-likeness (QED) is 0.308. The molecular formula is C12H18IN3OS2. The molecular weight excluding hydrogens is 393 g/mol. The molecule has 2 N–H and O–H groups in total. The molecule has 7 heteroatoms. The van der Waals surface area contributed by atoms with Crippen LogP contribution in [0.4, 0.5) is 5.82 Å². The fourth-order valence-electron chi connectivity index (χ4n) is 2.33. The number of halogens is 1. The van der Waals surface area contributed by atoms with Gasteiger partial charge in [-0.3, -0.25) is 0 Å². The van der Waals surface area contributed by atoms with Crippen LogP contribution in [0.3, 0.4) is 0 Å². The summed E-state index contributed by atoms with van der Waals surface area (Å²) in [6.07, 6.45) is 3.88. The van der Waals surface area contributed by atoms with Gasteiger partial charge in [-0.1, -0.05) is 11.8 Å². The van der Waals surface area contributed by atoms with Crippen LogP contribution in [-0.4, -0.2) is 39.2 Å². The summed E-state index contributed by atoms with van der Waals surface area (Å²) >= 11 is 8.37. The largest absolute Gasteiger partial charge is 0.396 e. The minimum atomic E-state index is 0.211. The first-order valence-corrected chi connectivity index (χ1v) is 9.00. The number of aliphatic hydroxyl groups excluding tert-OH is 1. The first-order chi connectivity index (χ1) is 9.05. The van der Waals surface area contributed by atoms with Gasteiger partial charge in [-0.15, -0.1) is 0 Å². The van der Waals surface area contributed by atoms with Crippen LogP contribution in [-0.2, 0) is 0 Å². The van der Waals surface area contributed by atoms with E-state index in [1.54, 1.807) is 11.8 Å². The van der Waals surface area contributed by atoms with Gasteiger partial charge in [-0.05, 0) is 54.5 Å². The van der Waals surface area contributed by atoms with Crippen LogP contribution < -0.4 is 5.32 Å². The van der Waals surface area contributed by atoms with E-state index in [2.05, 4.69) is 50.5 Å². The first-order valence-electron chi connectivity index (χ1n) is 6.18. The van der Waals surface area contributed by atoms with E-state index in [1.807, 2.05) is 13.2 Å². The Morgan fingerprint density at radius 3 is 2.79 bits per heavy atom. The molecule has 1 aromatic rings. The maximum Gasteiger partial charge on any atom is 0.189 e. The van der Waals surface area contributed by atoms with Gasteiger partial charge in [0.2, 0.25) is 0 Å². The maximum atomic E-state index is 9.29. The van der Waals surface area contributed by atoms with Crippen molar-refractivity contribution in [2.75, 3.05) is 18.2 Å². The number of aromatic nitrogens is 2. The van der Waals surface area contributed by atoms with Crippen LogP contribution in [0.25, 0.3) is 0 Å². The molecule has 0 aliphatic heterocycles. The fraction of sp³-hybridized carbons (Fsp3) is 0.667. The highest BCUT2D eigenvalue weighted by Gasteiger charge is 2.32. The Morgan fingerprint density at radius 2 is 2.21 bits per heavy atom. The third kappa shape index (κ3) is 3.68. The van der Waals surface area contributed by atoms with E-state index in [0.717, 1.165) is 33.1 Å². The zero-order chi connectivity index (χ0) is 14.0. The number of thiol groups is 1. The van der Waals surface area contributed by atoms with E-state index in [9.17, 15) is 5.11 Å². The summed E-state index contributed by atoms with van der Waals surface area (Å²) in [7, 11) is 0. The topological polar surface area (TPSA) is 58.0 Å². The Hall–Kier alpha value is 0.270. The average molecular weight is 411 g/mol. The molecule has 0 radical (unpaired) electrons. The summed E-state index contributed by atoms with van der Waals surface area (Å²) in [5.41, 5.74) is 1.00. The number of rotatable bonds is 4. The van der Waals surface area contributed by atoms with Crippen molar-refractivity contribution in [2.45, 2.75) is 36.2 Å². The molecule has 0 amide bonds. The van der Waals surface area contributed by atoms with Crippen LogP contribution >= 0.6 is 47.0 Å². The molecule has 1 fully saturated rings. The molecule has 0 bridgehead atoms. The van der Waals surface area contributed by atoms with Crippen molar-refractivity contribution in [2.24, 2.45) is 5.92 Å². The van der Waals surface area contributed by atoms with Gasteiger partial charge in [-0.2, -0.15) is 12.6 Å². The predicted octanol–water partition coefficient (Wildman–Crippen LogP) is 2.59. The SMILES string of the molecule is CSc1nc(C)c(I)c(N[C@@H]2CC(CO)[C@H](S)C2)n1. The molecule has 3 atom stereocenters. The maximum absolute atomic E-state index is 9.29. The van der Waals surface area contributed by atoms with E-state index in [-0.39, 0.29) is 17.8 Å². The van der Waals surface area contributed by atoms with Gasteiger partial charge >= 0.3 is 0 Å². The average Bonchev–Trinajstić information content (AvgIpc) is 2.74. The third-order valence-electron chi connectivity index (χ3n) is 3.41. The third-order valence-corrected chi connectivity index (χ3v) is 5.88. The second kappa shape index (κ2) is 6.82. The molecule has 1 heterocycles. The van der Waals surface area contributed by atoms with Crippen LogP contribution in [0, 0.1) is 16.4 Å². The smallest absolute Gasteiger partial charge is 0.189 e. The number of aryl methyl sites for hydroxylation is 1. The molecule has 1 aromatic heterocycles. The van der Waals surface area contributed by atoms with E-state index < -0.39 is 0 Å². The summed E-state index contributed by atoms with van der Waals surface area (Å²) in [6, 6.07) is 0.331. The Labute approximate surface area is 137 Å². The van der Waals surface area contributed by atoms with Gasteiger partial charge in [0.25, 0.3) is 0 Å². The number of nitrogens with one attached hydrogen (secondary N) is 1. The molecule has 1 aliphatic carbocycles. The number of aliphatic hydroxyl groups is 1. The van der Waals surface area contributed by atoms with Crippen LogP contribution in [0.2, 0.25) is 0 Å². The first kappa shape index (κ1) is 15.7. The Morgan fingerprint density at radius 1 is 1.47 bits per heavy atom. The summed E-state index contributed by atoms with van der Waals surface area (Å²) in [5.74, 6) is 1.18. The number of hydrogen-bond donors (Lipinski definition) is 3. The van der Waals surface area contributed by atoms with Crippen molar-refractivity contribution in [1.29, 1.82) is 0 Å². The zero-order valence-electron chi connectivity index (χ0n) is 10.9. The lowest BCUT2D eigenvalue weighted by Crippen LogP contribution is -2.19. The van der Waals surface area contributed by atoms with Crippen molar-refractivity contribution in [1.82, 2.24) is 9.97 Å². The Kier molecular flexibility index (Phi) is 5.62. The molecule has 4 nitrogen and oxygen atoms in total. The second-order valence-electron chi connectivity index (χ2n) is 4.78. The van der Waals surface area contributed by atoms with Crippen molar-refractivity contribution >= 4 is 52.8 Å². The van der Waals surface area contributed by atoms with Crippen molar-refractivity contribution < 1.29 is 5.11 Å². The van der Waals surface area contributed by atoms with E-state index in [1.165, 1.54) is 0 Å². The zero-order valence-corrected chi connectivity index (χ0v) is 14.8. The summed E-state index contributed by atoms with van der Waals surface area (Å²) in [6.45, 7) is 2.21. The van der Waals surface area contributed by atoms with Gasteiger partial charge in [0.1, 0.15) is 5.82 Å². The lowest BCUT2D eigenvalue weighted by Gasteiger charge is -2.16. The van der Waals surface area contributed by atoms with E-state index in [0.29, 0.717) is 6.04 Å². The standard InChI is InChI=1S/C12H18IN3OS2/c1-6-10(13)11(16-12(14-6)19-2)15-8-3-7(5-17)9(18)4-8/h7-9,17-18H,3-5H2,1-2H3,(H,14,15,16)/t7?,8-,9-/m1/s1. The van der Waals surface area contributed by atoms with Gasteiger partial charge in [0, 0.05) is 17.9 Å². The van der Waals surface area contributed by atoms with Gasteiger partial charge in [-0.25, -0.2) is 9.97 Å². The monoisotopic (exact) mass is 411 g/mol. The van der Waals surface area contributed by atoms with Crippen molar-refractivity contribution in [3.05, 3.63) is 9.26 Å².